The number of amides is 1. The number of hydrogen-bond donors (Lipinski definition) is 4. The van der Waals surface area contributed by atoms with E-state index in [1.165, 1.54) is 31.5 Å². The zero-order valence-corrected chi connectivity index (χ0v) is 21.7. The summed E-state index contributed by atoms with van der Waals surface area (Å²) in [7, 11) is 2.97. The number of ketones is 1. The Morgan fingerprint density at radius 3 is 1.92 bits per heavy atom. The fourth-order valence-corrected chi connectivity index (χ4v) is 4.80. The Morgan fingerprint density at radius 2 is 1.42 bits per heavy atom. The van der Waals surface area contributed by atoms with Crippen LogP contribution in [0.5, 0.6) is 0 Å². The number of aromatic carboxylic acids is 2. The molecule has 1 amide bonds. The predicted octanol–water partition coefficient (Wildman–Crippen LogP) is 3.48. The molecule has 11 nitrogen and oxygen atoms in total. The molecule has 4 heterocycles. The molecule has 36 heavy (non-hydrogen) atoms. The number of carboxylic acid groups (broad SMARTS) is 2. The number of nitrogens with two attached hydrogens (primary N) is 1. The number of thiophene rings is 3. The summed E-state index contributed by atoms with van der Waals surface area (Å²) >= 11 is 3.43. The molecule has 0 unspecified atom stereocenters. The summed E-state index contributed by atoms with van der Waals surface area (Å²) in [6.07, 6.45) is 0.344. The number of rotatable bonds is 5. The highest BCUT2D eigenvalue weighted by Gasteiger charge is 2.30. The first-order valence-electron chi connectivity index (χ1n) is 9.90. The first-order valence-corrected chi connectivity index (χ1v) is 12.5. The van der Waals surface area contributed by atoms with E-state index in [1.807, 2.05) is 0 Å². The first-order chi connectivity index (χ1) is 17.1. The molecule has 5 N–H and O–H groups in total. The molecule has 0 spiro atoms. The molecule has 3 aromatic rings. The van der Waals surface area contributed by atoms with Gasteiger partial charge in [0.05, 0.1) is 11.1 Å². The van der Waals surface area contributed by atoms with Gasteiger partial charge in [-0.3, -0.25) is 9.59 Å². The monoisotopic (exact) mass is 554 g/mol. The number of carboxylic acids is 2. The van der Waals surface area contributed by atoms with Crippen LogP contribution < -0.4 is 11.1 Å². The normalized spacial score (nSPS) is 10.8. The lowest BCUT2D eigenvalue weighted by Crippen LogP contribution is -2.18. The SMILES string of the molecule is CCC(=O)c1ccsc1C(=O)O.CN.CNC(=O)c1sccc1C(=O)O.O=C1OC(=O)c2sccc21. The molecule has 14 heteroatoms. The second-order valence-electron chi connectivity index (χ2n) is 6.13. The molecule has 0 radical (unpaired) electrons. The van der Waals surface area contributed by atoms with E-state index >= 15 is 0 Å². The maximum Gasteiger partial charge on any atom is 0.357 e. The summed E-state index contributed by atoms with van der Waals surface area (Å²) in [5.74, 6) is -3.62. The van der Waals surface area contributed by atoms with Crippen molar-refractivity contribution in [3.8, 4) is 0 Å². The molecule has 192 valence electrons. The molecule has 0 fully saturated rings. The van der Waals surface area contributed by atoms with E-state index in [1.54, 1.807) is 35.2 Å². The molecule has 0 saturated carbocycles. The fraction of sp³-hybridized carbons (Fsp3) is 0.182. The average molecular weight is 555 g/mol. The highest BCUT2D eigenvalue weighted by Crippen LogP contribution is 2.24. The van der Waals surface area contributed by atoms with Gasteiger partial charge in [-0.2, -0.15) is 0 Å². The van der Waals surface area contributed by atoms with Crippen LogP contribution in [0.3, 0.4) is 0 Å². The number of fused-ring (bicyclic) bond motifs is 1. The van der Waals surface area contributed by atoms with Crippen molar-refractivity contribution < 1.29 is 43.7 Å². The Labute approximate surface area is 217 Å². The lowest BCUT2D eigenvalue weighted by atomic mass is 10.1. The Morgan fingerprint density at radius 1 is 0.861 bits per heavy atom. The number of hydrogen-bond acceptors (Lipinski definition) is 11. The Bertz CT molecular complexity index is 1160. The minimum absolute atomic E-state index is 0.0550. The van der Waals surface area contributed by atoms with Crippen LogP contribution >= 0.6 is 34.0 Å². The summed E-state index contributed by atoms with van der Waals surface area (Å²) in [6, 6.07) is 4.56. The topological polar surface area (TPSA) is 190 Å². The van der Waals surface area contributed by atoms with E-state index in [0.717, 1.165) is 22.7 Å². The molecule has 1 aliphatic rings. The van der Waals surface area contributed by atoms with Crippen molar-refractivity contribution in [2.75, 3.05) is 14.1 Å². The molecule has 0 saturated heterocycles. The third kappa shape index (κ3) is 7.64. The van der Waals surface area contributed by atoms with E-state index in [4.69, 9.17) is 10.2 Å². The lowest BCUT2D eigenvalue weighted by molar-refractivity contribution is 0.0443. The van der Waals surface area contributed by atoms with E-state index in [-0.39, 0.29) is 27.0 Å². The van der Waals surface area contributed by atoms with Crippen LogP contribution in [0.1, 0.15) is 73.4 Å². The van der Waals surface area contributed by atoms with Gasteiger partial charge in [-0.1, -0.05) is 6.92 Å². The van der Waals surface area contributed by atoms with Gasteiger partial charge >= 0.3 is 23.9 Å². The number of nitrogens with one attached hydrogen (secondary N) is 1. The van der Waals surface area contributed by atoms with Crippen LogP contribution in [-0.2, 0) is 4.74 Å². The van der Waals surface area contributed by atoms with Crippen LogP contribution in [0.2, 0.25) is 0 Å². The Hall–Kier alpha value is -3.72. The summed E-state index contributed by atoms with van der Waals surface area (Å²) in [4.78, 5) is 65.5. The van der Waals surface area contributed by atoms with Crippen molar-refractivity contribution in [2.24, 2.45) is 5.73 Å². The number of carbonyl (C=O) groups is 6. The lowest BCUT2D eigenvalue weighted by Gasteiger charge is -1.96. The molecule has 3 aromatic heterocycles. The van der Waals surface area contributed by atoms with E-state index < -0.39 is 23.9 Å². The second-order valence-corrected chi connectivity index (χ2v) is 8.88. The Kier molecular flexibility index (Phi) is 12.3. The van der Waals surface area contributed by atoms with Gasteiger partial charge < -0.3 is 26.0 Å². The van der Waals surface area contributed by atoms with Crippen LogP contribution in [0.15, 0.2) is 34.3 Å². The van der Waals surface area contributed by atoms with Crippen molar-refractivity contribution in [2.45, 2.75) is 13.3 Å². The molecule has 0 aliphatic carbocycles. The molecule has 0 atom stereocenters. The van der Waals surface area contributed by atoms with Crippen LogP contribution in [0.25, 0.3) is 0 Å². The summed E-state index contributed by atoms with van der Waals surface area (Å²) in [5.41, 5.74) is 5.28. The third-order valence-electron chi connectivity index (χ3n) is 4.07. The summed E-state index contributed by atoms with van der Waals surface area (Å²) in [6.45, 7) is 1.71. The highest BCUT2D eigenvalue weighted by atomic mass is 32.1. The van der Waals surface area contributed by atoms with Crippen molar-refractivity contribution in [3.63, 3.8) is 0 Å². The zero-order valence-electron chi connectivity index (χ0n) is 19.2. The number of carbonyl (C=O) groups excluding carboxylic acids is 4. The molecular formula is C22H22N2O9S3. The van der Waals surface area contributed by atoms with Gasteiger partial charge in [0, 0.05) is 19.0 Å². The van der Waals surface area contributed by atoms with E-state index in [2.05, 4.69) is 15.8 Å². The van der Waals surface area contributed by atoms with Crippen molar-refractivity contribution in [3.05, 3.63) is 65.7 Å². The molecule has 0 bridgehead atoms. The van der Waals surface area contributed by atoms with Crippen LogP contribution in [0.4, 0.5) is 0 Å². The van der Waals surface area contributed by atoms with Crippen LogP contribution in [0, 0.1) is 0 Å². The largest absolute Gasteiger partial charge is 0.478 e. The van der Waals surface area contributed by atoms with Gasteiger partial charge in [0.2, 0.25) is 0 Å². The standard InChI is InChI=1S/C8H8O3S.C7H7NO3S.C6H2O3S.CH5N/c1-2-6(9)5-3-4-12-7(5)8(10)11;1-8-6(9)5-4(7(10)11)2-3-12-5;7-5-3-1-2-10-4(3)6(8)9-5;1-2/h3-4H,2H2,1H3,(H,10,11);2-3H,1H3,(H,8,9)(H,10,11);1-2H;2H2,1H3. The quantitative estimate of drug-likeness (QED) is 0.206. The van der Waals surface area contributed by atoms with Crippen LogP contribution in [-0.4, -0.2) is 59.9 Å². The number of esters is 2. The highest BCUT2D eigenvalue weighted by molar-refractivity contribution is 7.13. The average Bonchev–Trinajstić information content (AvgIpc) is 3.67. The zero-order chi connectivity index (χ0) is 27.4. The van der Waals surface area contributed by atoms with Crippen molar-refractivity contribution >= 4 is 69.6 Å². The predicted molar refractivity (Wildman–Crippen MR) is 135 cm³/mol. The van der Waals surface area contributed by atoms with Gasteiger partial charge in [-0.05, 0) is 41.4 Å². The molecular weight excluding hydrogens is 532 g/mol. The van der Waals surface area contributed by atoms with Crippen molar-refractivity contribution in [1.29, 1.82) is 0 Å². The number of cyclic esters (lactones) is 2. The smallest absolute Gasteiger partial charge is 0.357 e. The minimum atomic E-state index is -1.07. The summed E-state index contributed by atoms with van der Waals surface area (Å²) < 4.78 is 4.30. The van der Waals surface area contributed by atoms with E-state index in [0.29, 0.717) is 22.4 Å². The first kappa shape index (κ1) is 30.3. The second kappa shape index (κ2) is 14.6. The van der Waals surface area contributed by atoms with Gasteiger partial charge in [-0.15, -0.1) is 34.0 Å². The number of ether oxygens (including phenoxy) is 1. The third-order valence-corrected chi connectivity index (χ3v) is 6.78. The summed E-state index contributed by atoms with van der Waals surface area (Å²) in [5, 5.41) is 24.5. The van der Waals surface area contributed by atoms with Gasteiger partial charge in [-0.25, -0.2) is 19.2 Å². The molecule has 1 aliphatic heterocycles. The van der Waals surface area contributed by atoms with E-state index in [9.17, 15) is 28.8 Å². The minimum Gasteiger partial charge on any atom is -0.478 e. The van der Waals surface area contributed by atoms with Gasteiger partial charge in [0.15, 0.2) is 5.78 Å². The van der Waals surface area contributed by atoms with Crippen molar-refractivity contribution in [1.82, 2.24) is 5.32 Å². The fourth-order valence-electron chi connectivity index (χ4n) is 2.47. The number of Topliss-reactive ketones (excluding diaryl/α,β-unsaturated/α-hetero) is 1. The molecule has 0 aromatic carbocycles. The Balaban J connectivity index is 0.000000261. The maximum absolute atomic E-state index is 11.1. The maximum atomic E-state index is 11.1. The molecule has 4 rings (SSSR count). The van der Waals surface area contributed by atoms with Gasteiger partial charge in [0.1, 0.15) is 14.6 Å². The van der Waals surface area contributed by atoms with Gasteiger partial charge in [0.25, 0.3) is 5.91 Å².